The number of carbonyl (C=O) groups is 3. The van der Waals surface area contributed by atoms with E-state index in [1.54, 1.807) is 58.9 Å². The van der Waals surface area contributed by atoms with Crippen molar-refractivity contribution in [1.82, 2.24) is 0 Å². The van der Waals surface area contributed by atoms with Crippen LogP contribution in [0.4, 0.5) is 5.69 Å². The standard InChI is InChI=1S/C35H51NO8S/c1-24(42-33(5,6)7)31(39)34(8,9)35(10,11)43-26(21-22-29(37)32(2,3)4)23-30(38)36-27-19-15-16-20-28(27)45(40,41)44-25-17-13-12-14-18-25/h12-20,24,26H,21-23H2,1-11H3,(H,36,38). The summed E-state index contributed by atoms with van der Waals surface area (Å²) >= 11 is 0. The summed E-state index contributed by atoms with van der Waals surface area (Å²) in [7, 11) is -4.27. The maximum Gasteiger partial charge on any atom is 0.341 e. The molecule has 0 aliphatic carbocycles. The first kappa shape index (κ1) is 38.1. The van der Waals surface area contributed by atoms with Gasteiger partial charge in [-0.2, -0.15) is 8.42 Å². The molecule has 0 aliphatic rings. The molecule has 2 rings (SSSR count). The summed E-state index contributed by atoms with van der Waals surface area (Å²) in [5, 5.41) is 2.69. The minimum Gasteiger partial charge on any atom is -0.379 e. The Morgan fingerprint density at radius 3 is 1.91 bits per heavy atom. The molecule has 2 aromatic carbocycles. The molecule has 0 aliphatic heterocycles. The molecular formula is C35H51NO8S. The van der Waals surface area contributed by atoms with Gasteiger partial charge in [0.25, 0.3) is 0 Å². The van der Waals surface area contributed by atoms with E-state index in [4.69, 9.17) is 13.7 Å². The van der Waals surface area contributed by atoms with E-state index < -0.39 is 50.3 Å². The van der Waals surface area contributed by atoms with E-state index in [0.29, 0.717) is 0 Å². The number of nitrogens with one attached hydrogen (secondary N) is 1. The zero-order valence-corrected chi connectivity index (χ0v) is 29.5. The van der Waals surface area contributed by atoms with Crippen molar-refractivity contribution in [2.75, 3.05) is 5.32 Å². The Bertz CT molecular complexity index is 1430. The van der Waals surface area contributed by atoms with Crippen molar-refractivity contribution < 1.29 is 36.5 Å². The number of para-hydroxylation sites is 2. The van der Waals surface area contributed by atoms with Gasteiger partial charge in [-0.05, 0) is 72.2 Å². The van der Waals surface area contributed by atoms with E-state index in [9.17, 15) is 22.8 Å². The van der Waals surface area contributed by atoms with Crippen LogP contribution >= 0.6 is 0 Å². The molecule has 0 aromatic heterocycles. The predicted molar refractivity (Wildman–Crippen MR) is 176 cm³/mol. The number of Topliss-reactive ketones (excluding diaryl/α,β-unsaturated/α-hetero) is 2. The minimum atomic E-state index is -4.27. The van der Waals surface area contributed by atoms with Gasteiger partial charge in [0.15, 0.2) is 5.78 Å². The molecule has 0 fully saturated rings. The average Bonchev–Trinajstić information content (AvgIpc) is 2.89. The topological polar surface area (TPSA) is 125 Å². The summed E-state index contributed by atoms with van der Waals surface area (Å²) in [5.41, 5.74) is -3.16. The van der Waals surface area contributed by atoms with Crippen LogP contribution in [0.25, 0.3) is 0 Å². The molecular weight excluding hydrogens is 594 g/mol. The third-order valence-corrected chi connectivity index (χ3v) is 9.11. The van der Waals surface area contributed by atoms with E-state index in [2.05, 4.69) is 5.32 Å². The number of amides is 1. The largest absolute Gasteiger partial charge is 0.379 e. The monoisotopic (exact) mass is 645 g/mol. The molecule has 250 valence electrons. The summed E-state index contributed by atoms with van der Waals surface area (Å²) in [4.78, 5) is 39.7. The smallest absolute Gasteiger partial charge is 0.341 e. The first-order valence-corrected chi connectivity index (χ1v) is 16.7. The van der Waals surface area contributed by atoms with Crippen LogP contribution in [0.5, 0.6) is 5.75 Å². The number of benzene rings is 2. The second-order valence-corrected chi connectivity index (χ2v) is 15.9. The van der Waals surface area contributed by atoms with Gasteiger partial charge in [0.05, 0.1) is 34.8 Å². The zero-order valence-electron chi connectivity index (χ0n) is 28.6. The van der Waals surface area contributed by atoms with E-state index in [0.717, 1.165) is 0 Å². The molecule has 0 saturated heterocycles. The van der Waals surface area contributed by atoms with Crippen molar-refractivity contribution in [3.05, 3.63) is 54.6 Å². The number of ether oxygens (including phenoxy) is 2. The molecule has 0 radical (unpaired) electrons. The summed E-state index contributed by atoms with van der Waals surface area (Å²) < 4.78 is 44.0. The van der Waals surface area contributed by atoms with E-state index >= 15 is 0 Å². The lowest BCUT2D eigenvalue weighted by atomic mass is 9.72. The highest BCUT2D eigenvalue weighted by molar-refractivity contribution is 7.87. The van der Waals surface area contributed by atoms with Crippen LogP contribution in [0, 0.1) is 10.8 Å². The summed E-state index contributed by atoms with van der Waals surface area (Å²) in [6, 6.07) is 14.0. The Kier molecular flexibility index (Phi) is 12.3. The second kappa shape index (κ2) is 14.6. The van der Waals surface area contributed by atoms with Gasteiger partial charge in [-0.15, -0.1) is 0 Å². The van der Waals surface area contributed by atoms with Crippen LogP contribution < -0.4 is 9.50 Å². The Hall–Kier alpha value is -3.08. The van der Waals surface area contributed by atoms with Crippen molar-refractivity contribution in [2.24, 2.45) is 10.8 Å². The highest BCUT2D eigenvalue weighted by atomic mass is 32.2. The van der Waals surface area contributed by atoms with Gasteiger partial charge < -0.3 is 19.0 Å². The Morgan fingerprint density at radius 1 is 0.800 bits per heavy atom. The highest BCUT2D eigenvalue weighted by Gasteiger charge is 2.48. The third-order valence-electron chi connectivity index (χ3n) is 7.80. The van der Waals surface area contributed by atoms with Crippen LogP contribution in [0.2, 0.25) is 0 Å². The Labute approximate surface area is 269 Å². The lowest BCUT2D eigenvalue weighted by Crippen LogP contribution is -2.53. The molecule has 10 heteroatoms. The molecule has 0 saturated carbocycles. The second-order valence-electron chi connectivity index (χ2n) is 14.4. The molecule has 1 N–H and O–H groups in total. The Balaban J connectivity index is 2.32. The van der Waals surface area contributed by atoms with Crippen LogP contribution in [0.1, 0.15) is 95.4 Å². The third kappa shape index (κ3) is 11.0. The van der Waals surface area contributed by atoms with Gasteiger partial charge in [-0.1, -0.05) is 65.0 Å². The van der Waals surface area contributed by atoms with Gasteiger partial charge in [-0.25, -0.2) is 0 Å². The number of hydrogen-bond acceptors (Lipinski definition) is 8. The maximum absolute atomic E-state index is 13.6. The molecule has 45 heavy (non-hydrogen) atoms. The molecule has 2 unspecified atom stereocenters. The average molecular weight is 646 g/mol. The minimum absolute atomic E-state index is 0.00588. The van der Waals surface area contributed by atoms with Gasteiger partial charge in [0.2, 0.25) is 5.91 Å². The van der Waals surface area contributed by atoms with Gasteiger partial charge in [-0.3, -0.25) is 14.4 Å². The van der Waals surface area contributed by atoms with Crippen LogP contribution in [0.3, 0.4) is 0 Å². The molecule has 1 amide bonds. The van der Waals surface area contributed by atoms with Crippen LogP contribution in [-0.2, 0) is 34.0 Å². The fraction of sp³-hybridized carbons (Fsp3) is 0.571. The first-order valence-electron chi connectivity index (χ1n) is 15.3. The normalized spacial score (nSPS) is 14.4. The summed E-state index contributed by atoms with van der Waals surface area (Å²) in [6.07, 6.45) is -1.27. The zero-order chi connectivity index (χ0) is 34.4. The molecule has 0 bridgehead atoms. The number of hydrogen-bond donors (Lipinski definition) is 1. The fourth-order valence-electron chi connectivity index (χ4n) is 4.67. The van der Waals surface area contributed by atoms with Crippen molar-refractivity contribution in [3.63, 3.8) is 0 Å². The van der Waals surface area contributed by atoms with Crippen molar-refractivity contribution in [3.8, 4) is 5.75 Å². The molecule has 9 nitrogen and oxygen atoms in total. The number of anilines is 1. The fourth-order valence-corrected chi connectivity index (χ4v) is 5.75. The van der Waals surface area contributed by atoms with E-state index in [1.807, 2.05) is 41.5 Å². The van der Waals surface area contributed by atoms with Crippen molar-refractivity contribution >= 4 is 33.3 Å². The number of rotatable bonds is 15. The van der Waals surface area contributed by atoms with Crippen molar-refractivity contribution in [2.45, 2.75) is 124 Å². The SMILES string of the molecule is CC(OC(C)(C)C)C(=O)C(C)(C)C(C)(C)OC(CCC(=O)C(C)(C)C)CC(=O)Nc1ccccc1S(=O)(=O)Oc1ccccc1. The quantitative estimate of drug-likeness (QED) is 0.203. The molecule has 0 spiro atoms. The molecule has 2 atom stereocenters. The lowest BCUT2D eigenvalue weighted by molar-refractivity contribution is -0.176. The molecule has 2 aromatic rings. The van der Waals surface area contributed by atoms with Gasteiger partial charge in [0, 0.05) is 11.8 Å². The summed E-state index contributed by atoms with van der Waals surface area (Å²) in [6.45, 7) is 20.0. The van der Waals surface area contributed by atoms with Crippen LogP contribution in [-0.4, -0.2) is 49.3 Å². The van der Waals surface area contributed by atoms with Crippen LogP contribution in [0.15, 0.2) is 59.5 Å². The first-order chi connectivity index (χ1) is 20.5. The van der Waals surface area contributed by atoms with Gasteiger partial charge in [0.1, 0.15) is 22.5 Å². The highest BCUT2D eigenvalue weighted by Crippen LogP contribution is 2.39. The van der Waals surface area contributed by atoms with Gasteiger partial charge >= 0.3 is 10.1 Å². The van der Waals surface area contributed by atoms with E-state index in [-0.39, 0.29) is 47.2 Å². The lowest BCUT2D eigenvalue weighted by Gasteiger charge is -2.44. The maximum atomic E-state index is 13.6. The molecule has 0 heterocycles. The van der Waals surface area contributed by atoms with Crippen molar-refractivity contribution in [1.29, 1.82) is 0 Å². The summed E-state index contributed by atoms with van der Waals surface area (Å²) in [5.74, 6) is -0.535. The number of ketones is 2. The van der Waals surface area contributed by atoms with E-state index in [1.165, 1.54) is 30.3 Å². The predicted octanol–water partition coefficient (Wildman–Crippen LogP) is 7.14. The Morgan fingerprint density at radius 2 is 1.36 bits per heavy atom. The number of carbonyl (C=O) groups excluding carboxylic acids is 3.